The maximum atomic E-state index is 5.73. The first kappa shape index (κ1) is 12.8. The minimum Gasteiger partial charge on any atom is -0.438 e. The van der Waals surface area contributed by atoms with Crippen molar-refractivity contribution < 1.29 is 4.74 Å². The number of hydrogen-bond donors (Lipinski definition) is 1. The average molecular weight is 308 g/mol. The SMILES string of the molecule is CC(C)c1cc(Oc2cc(N)ccc2Br)ncn1. The third-order valence-electron chi connectivity index (χ3n) is 2.42. The summed E-state index contributed by atoms with van der Waals surface area (Å²) in [6.45, 7) is 4.14. The number of nitrogens with zero attached hydrogens (tertiary/aromatic N) is 2. The van der Waals surface area contributed by atoms with Crippen LogP contribution in [0.25, 0.3) is 0 Å². The molecule has 0 saturated carbocycles. The Morgan fingerprint density at radius 3 is 2.72 bits per heavy atom. The van der Waals surface area contributed by atoms with Gasteiger partial charge in [0.05, 0.1) is 10.2 Å². The van der Waals surface area contributed by atoms with Crippen LogP contribution in [0.1, 0.15) is 25.5 Å². The number of halogens is 1. The number of ether oxygens (including phenoxy) is 1. The monoisotopic (exact) mass is 307 g/mol. The summed E-state index contributed by atoms with van der Waals surface area (Å²) in [4.78, 5) is 8.29. The molecule has 0 amide bonds. The Bertz CT molecular complexity index is 558. The molecular formula is C13H14BrN3O. The van der Waals surface area contributed by atoms with Crippen LogP contribution in [0.5, 0.6) is 11.6 Å². The Morgan fingerprint density at radius 2 is 2.00 bits per heavy atom. The molecule has 5 heteroatoms. The summed E-state index contributed by atoms with van der Waals surface area (Å²) in [5.74, 6) is 1.49. The molecule has 0 atom stereocenters. The number of aromatic nitrogens is 2. The molecule has 0 aliphatic carbocycles. The largest absolute Gasteiger partial charge is 0.438 e. The lowest BCUT2D eigenvalue weighted by Crippen LogP contribution is -1.96. The highest BCUT2D eigenvalue weighted by Crippen LogP contribution is 2.31. The van der Waals surface area contributed by atoms with Crippen molar-refractivity contribution in [3.05, 3.63) is 40.8 Å². The number of anilines is 1. The summed E-state index contributed by atoms with van der Waals surface area (Å²) >= 11 is 3.41. The van der Waals surface area contributed by atoms with Gasteiger partial charge in [0.25, 0.3) is 0 Å². The van der Waals surface area contributed by atoms with Crippen molar-refractivity contribution in [1.82, 2.24) is 9.97 Å². The number of nitrogens with two attached hydrogens (primary N) is 1. The van der Waals surface area contributed by atoms with Crippen LogP contribution in [0.2, 0.25) is 0 Å². The molecule has 0 spiro atoms. The lowest BCUT2D eigenvalue weighted by Gasteiger charge is -2.09. The second-order valence-corrected chi connectivity index (χ2v) is 5.08. The topological polar surface area (TPSA) is 61.0 Å². The van der Waals surface area contributed by atoms with Crippen LogP contribution in [0.4, 0.5) is 5.69 Å². The van der Waals surface area contributed by atoms with Crippen LogP contribution >= 0.6 is 15.9 Å². The van der Waals surface area contributed by atoms with Crippen LogP contribution in [0.3, 0.4) is 0 Å². The van der Waals surface area contributed by atoms with Crippen molar-refractivity contribution in [3.63, 3.8) is 0 Å². The minimum absolute atomic E-state index is 0.333. The van der Waals surface area contributed by atoms with Gasteiger partial charge in [0.2, 0.25) is 5.88 Å². The molecular weight excluding hydrogens is 294 g/mol. The Hall–Kier alpha value is -1.62. The first-order valence-corrected chi connectivity index (χ1v) is 6.40. The smallest absolute Gasteiger partial charge is 0.222 e. The second-order valence-electron chi connectivity index (χ2n) is 4.23. The first-order chi connectivity index (χ1) is 8.56. The van der Waals surface area contributed by atoms with Crippen LogP contribution in [-0.4, -0.2) is 9.97 Å². The van der Waals surface area contributed by atoms with Crippen molar-refractivity contribution in [1.29, 1.82) is 0 Å². The molecule has 1 aromatic heterocycles. The molecule has 1 aromatic carbocycles. The van der Waals surface area contributed by atoms with Crippen LogP contribution < -0.4 is 10.5 Å². The van der Waals surface area contributed by atoms with Gasteiger partial charge in [-0.05, 0) is 34.0 Å². The Kier molecular flexibility index (Phi) is 3.81. The maximum Gasteiger partial charge on any atom is 0.222 e. The van der Waals surface area contributed by atoms with E-state index < -0.39 is 0 Å². The van der Waals surface area contributed by atoms with Crippen LogP contribution in [-0.2, 0) is 0 Å². The van der Waals surface area contributed by atoms with Gasteiger partial charge in [-0.15, -0.1) is 0 Å². The van der Waals surface area contributed by atoms with Gasteiger partial charge < -0.3 is 10.5 Å². The predicted molar refractivity (Wildman–Crippen MR) is 74.7 cm³/mol. The van der Waals surface area contributed by atoms with Crippen molar-refractivity contribution in [2.24, 2.45) is 0 Å². The third-order valence-corrected chi connectivity index (χ3v) is 3.08. The molecule has 1 heterocycles. The van der Waals surface area contributed by atoms with E-state index in [4.69, 9.17) is 10.5 Å². The molecule has 0 aliphatic heterocycles. The molecule has 0 saturated heterocycles. The van der Waals surface area contributed by atoms with Crippen LogP contribution in [0.15, 0.2) is 35.1 Å². The van der Waals surface area contributed by atoms with Gasteiger partial charge in [-0.2, -0.15) is 0 Å². The van der Waals surface area contributed by atoms with Crippen LogP contribution in [0, 0.1) is 0 Å². The van der Waals surface area contributed by atoms with Crippen molar-refractivity contribution in [2.45, 2.75) is 19.8 Å². The van der Waals surface area contributed by atoms with E-state index >= 15 is 0 Å². The van der Waals surface area contributed by atoms with Gasteiger partial charge >= 0.3 is 0 Å². The van der Waals surface area contributed by atoms with Crippen molar-refractivity contribution >= 4 is 21.6 Å². The van der Waals surface area contributed by atoms with Gasteiger partial charge in [-0.3, -0.25) is 0 Å². The summed E-state index contributed by atoms with van der Waals surface area (Å²) in [6, 6.07) is 7.23. The summed E-state index contributed by atoms with van der Waals surface area (Å²) in [7, 11) is 0. The van der Waals surface area contributed by atoms with E-state index in [9.17, 15) is 0 Å². The summed E-state index contributed by atoms with van der Waals surface area (Å²) in [5, 5.41) is 0. The molecule has 18 heavy (non-hydrogen) atoms. The zero-order chi connectivity index (χ0) is 13.1. The van der Waals surface area contributed by atoms with Gasteiger partial charge in [0.15, 0.2) is 0 Å². The summed E-state index contributed by atoms with van der Waals surface area (Å²) in [6.07, 6.45) is 1.50. The average Bonchev–Trinajstić information content (AvgIpc) is 2.34. The van der Waals surface area contributed by atoms with E-state index in [1.165, 1.54) is 6.33 Å². The molecule has 2 aromatic rings. The van der Waals surface area contributed by atoms with Gasteiger partial charge in [-0.25, -0.2) is 9.97 Å². The highest BCUT2D eigenvalue weighted by atomic mass is 79.9. The number of rotatable bonds is 3. The zero-order valence-corrected chi connectivity index (χ0v) is 11.8. The lowest BCUT2D eigenvalue weighted by atomic mass is 10.1. The molecule has 0 bridgehead atoms. The fourth-order valence-corrected chi connectivity index (χ4v) is 1.76. The quantitative estimate of drug-likeness (QED) is 0.878. The van der Waals surface area contributed by atoms with Crippen molar-refractivity contribution in [3.8, 4) is 11.6 Å². The predicted octanol–water partition coefficient (Wildman–Crippen LogP) is 3.74. The first-order valence-electron chi connectivity index (χ1n) is 5.61. The standard InChI is InChI=1S/C13H14BrN3O/c1-8(2)11-6-13(17-7-16-11)18-12-5-9(15)3-4-10(12)14/h3-8H,15H2,1-2H3. The maximum absolute atomic E-state index is 5.73. The van der Waals surface area contributed by atoms with Gasteiger partial charge in [-0.1, -0.05) is 13.8 Å². The molecule has 2 rings (SSSR count). The van der Waals surface area contributed by atoms with Gasteiger partial charge in [0, 0.05) is 17.8 Å². The Labute approximate surface area is 114 Å². The van der Waals surface area contributed by atoms with E-state index in [2.05, 4.69) is 39.7 Å². The molecule has 0 radical (unpaired) electrons. The molecule has 0 aliphatic rings. The molecule has 4 nitrogen and oxygen atoms in total. The fourth-order valence-electron chi connectivity index (χ4n) is 1.44. The fraction of sp³-hybridized carbons (Fsp3) is 0.231. The Morgan fingerprint density at radius 1 is 1.22 bits per heavy atom. The van der Waals surface area contributed by atoms with E-state index in [1.54, 1.807) is 12.1 Å². The summed E-state index contributed by atoms with van der Waals surface area (Å²) < 4.78 is 6.54. The zero-order valence-electron chi connectivity index (χ0n) is 10.2. The number of benzene rings is 1. The number of nitrogen functional groups attached to an aromatic ring is 1. The molecule has 94 valence electrons. The molecule has 0 unspecified atom stereocenters. The summed E-state index contributed by atoms with van der Waals surface area (Å²) in [5.41, 5.74) is 7.31. The van der Waals surface area contributed by atoms with E-state index in [0.29, 0.717) is 23.2 Å². The van der Waals surface area contributed by atoms with E-state index in [0.717, 1.165) is 10.2 Å². The van der Waals surface area contributed by atoms with Gasteiger partial charge in [0.1, 0.15) is 12.1 Å². The highest BCUT2D eigenvalue weighted by Gasteiger charge is 2.07. The third kappa shape index (κ3) is 2.98. The minimum atomic E-state index is 0.333. The number of hydrogen-bond acceptors (Lipinski definition) is 4. The highest BCUT2D eigenvalue weighted by molar-refractivity contribution is 9.10. The Balaban J connectivity index is 2.28. The van der Waals surface area contributed by atoms with Crippen molar-refractivity contribution in [2.75, 3.05) is 5.73 Å². The molecule has 2 N–H and O–H groups in total. The van der Waals surface area contributed by atoms with E-state index in [-0.39, 0.29) is 0 Å². The lowest BCUT2D eigenvalue weighted by molar-refractivity contribution is 0.457. The second kappa shape index (κ2) is 5.35. The van der Waals surface area contributed by atoms with E-state index in [1.807, 2.05) is 12.1 Å². The normalized spacial score (nSPS) is 10.7. The molecule has 0 fully saturated rings.